The summed E-state index contributed by atoms with van der Waals surface area (Å²) in [4.78, 5) is 11.6. The fourth-order valence-electron chi connectivity index (χ4n) is 0.877. The average molecular weight is 213 g/mol. The minimum Gasteiger partial charge on any atom is -0.276 e. The van der Waals surface area contributed by atoms with Crippen molar-refractivity contribution in [3.63, 3.8) is 0 Å². The molecule has 0 bridgehead atoms. The van der Waals surface area contributed by atoms with Crippen molar-refractivity contribution in [2.24, 2.45) is 0 Å². The highest BCUT2D eigenvalue weighted by Gasteiger charge is 1.90. The highest BCUT2D eigenvalue weighted by molar-refractivity contribution is 7.98. The molecule has 0 aliphatic heterocycles. The molecule has 0 fully saturated rings. The van der Waals surface area contributed by atoms with Crippen molar-refractivity contribution in [3.05, 3.63) is 35.9 Å². The number of hydrogen-bond donors (Lipinski definition) is 0. The summed E-state index contributed by atoms with van der Waals surface area (Å²) < 4.78 is 0. The molecule has 1 aromatic rings. The second-order valence-corrected chi connectivity index (χ2v) is 3.66. The van der Waals surface area contributed by atoms with Crippen molar-refractivity contribution in [2.75, 3.05) is 6.26 Å². The van der Waals surface area contributed by atoms with E-state index >= 15 is 0 Å². The Bertz CT molecular complexity index is 316. The van der Waals surface area contributed by atoms with Crippen LogP contribution < -0.4 is 0 Å². The first-order valence-corrected chi connectivity index (χ1v) is 5.34. The Kier molecular flexibility index (Phi) is 4.06. The summed E-state index contributed by atoms with van der Waals surface area (Å²) in [6.07, 6.45) is 5.06. The van der Waals surface area contributed by atoms with Crippen LogP contribution in [0.3, 0.4) is 0 Å². The molecule has 0 aliphatic carbocycles. The van der Waals surface area contributed by atoms with Crippen LogP contribution in [0.15, 0.2) is 35.2 Å². The van der Waals surface area contributed by atoms with E-state index in [-0.39, 0.29) is 0 Å². The van der Waals surface area contributed by atoms with Crippen LogP contribution in [0.5, 0.6) is 0 Å². The third-order valence-corrected chi connectivity index (χ3v) is 2.39. The third kappa shape index (κ3) is 3.66. The van der Waals surface area contributed by atoms with Crippen molar-refractivity contribution < 1.29 is 4.79 Å². The van der Waals surface area contributed by atoms with Crippen LogP contribution in [0.1, 0.15) is 5.56 Å². The highest BCUT2D eigenvalue weighted by atomic mass is 35.5. The first-order chi connectivity index (χ1) is 6.22. The molecule has 1 nitrogen and oxygen atoms in total. The minimum atomic E-state index is -0.450. The number of halogens is 1. The van der Waals surface area contributed by atoms with E-state index in [4.69, 9.17) is 11.6 Å². The molecule has 0 heterocycles. The van der Waals surface area contributed by atoms with Crippen LogP contribution >= 0.6 is 23.4 Å². The predicted octanol–water partition coefficient (Wildman–Crippen LogP) is 3.19. The van der Waals surface area contributed by atoms with E-state index < -0.39 is 5.24 Å². The maximum Gasteiger partial charge on any atom is 0.245 e. The van der Waals surface area contributed by atoms with Gasteiger partial charge in [0.25, 0.3) is 0 Å². The second-order valence-electron chi connectivity index (χ2n) is 2.41. The molecular weight excluding hydrogens is 204 g/mol. The number of thioether (sulfide) groups is 1. The van der Waals surface area contributed by atoms with Crippen molar-refractivity contribution in [1.82, 2.24) is 0 Å². The normalized spacial score (nSPS) is 10.6. The van der Waals surface area contributed by atoms with Crippen LogP contribution in [-0.4, -0.2) is 11.5 Å². The highest BCUT2D eigenvalue weighted by Crippen LogP contribution is 2.15. The quantitative estimate of drug-likeness (QED) is 0.435. The van der Waals surface area contributed by atoms with Crippen LogP contribution in [-0.2, 0) is 4.79 Å². The smallest absolute Gasteiger partial charge is 0.245 e. The van der Waals surface area contributed by atoms with Crippen molar-refractivity contribution >= 4 is 34.7 Å². The molecule has 0 N–H and O–H groups in total. The van der Waals surface area contributed by atoms with Crippen LogP contribution in [0.25, 0.3) is 6.08 Å². The van der Waals surface area contributed by atoms with E-state index in [9.17, 15) is 4.79 Å². The van der Waals surface area contributed by atoms with E-state index in [1.165, 1.54) is 11.0 Å². The topological polar surface area (TPSA) is 17.1 Å². The second kappa shape index (κ2) is 5.10. The summed E-state index contributed by atoms with van der Waals surface area (Å²) in [5.41, 5.74) is 0.979. The van der Waals surface area contributed by atoms with E-state index in [2.05, 4.69) is 0 Å². The largest absolute Gasteiger partial charge is 0.276 e. The predicted molar refractivity (Wildman–Crippen MR) is 58.1 cm³/mol. The molecule has 0 unspecified atom stereocenters. The van der Waals surface area contributed by atoms with Gasteiger partial charge in [-0.15, -0.1) is 11.8 Å². The summed E-state index contributed by atoms with van der Waals surface area (Å²) >= 11 is 6.84. The van der Waals surface area contributed by atoms with Crippen LogP contribution in [0.4, 0.5) is 0 Å². The molecule has 0 saturated heterocycles. The molecule has 0 spiro atoms. The SMILES string of the molecule is CSc1ccc(C=CC(=O)Cl)cc1. The monoisotopic (exact) mass is 212 g/mol. The van der Waals surface area contributed by atoms with E-state index in [0.717, 1.165) is 5.56 Å². The summed E-state index contributed by atoms with van der Waals surface area (Å²) in [5.74, 6) is 0. The maximum atomic E-state index is 10.4. The number of carbonyl (C=O) groups excluding carboxylic acids is 1. The average Bonchev–Trinajstić information content (AvgIpc) is 2.15. The Balaban J connectivity index is 2.75. The van der Waals surface area contributed by atoms with Gasteiger partial charge in [-0.05, 0) is 41.6 Å². The Morgan fingerprint density at radius 2 is 2.00 bits per heavy atom. The molecule has 0 atom stereocenters. The lowest BCUT2D eigenvalue weighted by atomic mass is 10.2. The maximum absolute atomic E-state index is 10.4. The molecule has 1 aromatic carbocycles. The van der Waals surface area contributed by atoms with Gasteiger partial charge < -0.3 is 0 Å². The van der Waals surface area contributed by atoms with Gasteiger partial charge in [0, 0.05) is 4.90 Å². The van der Waals surface area contributed by atoms with Gasteiger partial charge in [0.05, 0.1) is 0 Å². The van der Waals surface area contributed by atoms with Gasteiger partial charge in [-0.1, -0.05) is 18.2 Å². The van der Waals surface area contributed by atoms with Crippen LogP contribution in [0.2, 0.25) is 0 Å². The molecular formula is C10H9ClOS. The third-order valence-electron chi connectivity index (χ3n) is 1.52. The van der Waals surface area contributed by atoms with E-state index in [1.807, 2.05) is 30.5 Å². The Labute approximate surface area is 86.8 Å². The zero-order valence-corrected chi connectivity index (χ0v) is 8.73. The van der Waals surface area contributed by atoms with Gasteiger partial charge in [0.2, 0.25) is 5.24 Å². The molecule has 3 heteroatoms. The van der Waals surface area contributed by atoms with Gasteiger partial charge in [-0.3, -0.25) is 4.79 Å². The fraction of sp³-hybridized carbons (Fsp3) is 0.100. The van der Waals surface area contributed by atoms with E-state index in [1.54, 1.807) is 17.8 Å². The first kappa shape index (κ1) is 10.4. The lowest BCUT2D eigenvalue weighted by molar-refractivity contribution is -0.107. The van der Waals surface area contributed by atoms with Gasteiger partial charge in [0.1, 0.15) is 0 Å². The number of carbonyl (C=O) groups is 1. The number of rotatable bonds is 3. The number of hydrogen-bond acceptors (Lipinski definition) is 2. The summed E-state index contributed by atoms with van der Waals surface area (Å²) in [5, 5.41) is -0.450. The molecule has 0 aromatic heterocycles. The summed E-state index contributed by atoms with van der Waals surface area (Å²) in [7, 11) is 0. The molecule has 13 heavy (non-hydrogen) atoms. The molecule has 0 amide bonds. The van der Waals surface area contributed by atoms with Gasteiger partial charge in [-0.25, -0.2) is 0 Å². The number of allylic oxidation sites excluding steroid dienone is 1. The van der Waals surface area contributed by atoms with Crippen molar-refractivity contribution in [3.8, 4) is 0 Å². The Morgan fingerprint density at radius 1 is 1.38 bits per heavy atom. The lowest BCUT2D eigenvalue weighted by Gasteiger charge is -1.95. The first-order valence-electron chi connectivity index (χ1n) is 3.74. The minimum absolute atomic E-state index is 0.450. The molecule has 0 saturated carbocycles. The number of benzene rings is 1. The van der Waals surface area contributed by atoms with Gasteiger partial charge in [0.15, 0.2) is 0 Å². The van der Waals surface area contributed by atoms with Gasteiger partial charge >= 0.3 is 0 Å². The van der Waals surface area contributed by atoms with Crippen molar-refractivity contribution in [1.29, 1.82) is 0 Å². The van der Waals surface area contributed by atoms with Gasteiger partial charge in [-0.2, -0.15) is 0 Å². The van der Waals surface area contributed by atoms with Crippen LogP contribution in [0, 0.1) is 0 Å². The summed E-state index contributed by atoms with van der Waals surface area (Å²) in [6, 6.07) is 7.90. The van der Waals surface area contributed by atoms with Crippen molar-refractivity contribution in [2.45, 2.75) is 4.90 Å². The lowest BCUT2D eigenvalue weighted by Crippen LogP contribution is -1.76. The Hall–Kier alpha value is -0.730. The summed E-state index contributed by atoms with van der Waals surface area (Å²) in [6.45, 7) is 0. The Morgan fingerprint density at radius 3 is 2.46 bits per heavy atom. The van der Waals surface area contributed by atoms with E-state index in [0.29, 0.717) is 0 Å². The standard InChI is InChI=1S/C10H9ClOS/c1-13-9-5-2-8(3-6-9)4-7-10(11)12/h2-7H,1H3. The zero-order valence-electron chi connectivity index (χ0n) is 7.16. The molecule has 0 radical (unpaired) electrons. The molecule has 0 aliphatic rings. The molecule has 68 valence electrons. The fourth-order valence-corrected chi connectivity index (χ4v) is 1.35. The molecule has 1 rings (SSSR count). The zero-order chi connectivity index (χ0) is 9.68.